The van der Waals surface area contributed by atoms with Crippen molar-refractivity contribution in [3.63, 3.8) is 0 Å². The predicted molar refractivity (Wildman–Crippen MR) is 71.3 cm³/mol. The summed E-state index contributed by atoms with van der Waals surface area (Å²) < 4.78 is 0. The molecule has 5 nitrogen and oxygen atoms in total. The second-order valence-electron chi connectivity index (χ2n) is 4.88. The van der Waals surface area contributed by atoms with Crippen LogP contribution in [0.3, 0.4) is 0 Å². The van der Waals surface area contributed by atoms with Crippen LogP contribution in [-0.4, -0.2) is 22.8 Å². The van der Waals surface area contributed by atoms with Crippen LogP contribution in [-0.2, 0) is 25.6 Å². The Bertz CT molecular complexity index is 505. The van der Waals surface area contributed by atoms with E-state index in [-0.39, 0.29) is 19.3 Å². The summed E-state index contributed by atoms with van der Waals surface area (Å²) in [6.45, 7) is 2.02. The molecular formula is C15H17NO4. The molecule has 0 saturated carbocycles. The molecule has 0 unspecified atom stereocenters. The number of benzene rings is 1. The lowest BCUT2D eigenvalue weighted by Gasteiger charge is -2.12. The van der Waals surface area contributed by atoms with Crippen molar-refractivity contribution in [2.75, 3.05) is 0 Å². The molecule has 1 fully saturated rings. The van der Waals surface area contributed by atoms with E-state index < -0.39 is 17.8 Å². The monoisotopic (exact) mass is 275 g/mol. The van der Waals surface area contributed by atoms with Gasteiger partial charge >= 0.3 is 5.97 Å². The van der Waals surface area contributed by atoms with E-state index in [9.17, 15) is 14.4 Å². The number of hydroxylamine groups is 2. The summed E-state index contributed by atoms with van der Waals surface area (Å²) in [4.78, 5) is 38.9. The molecule has 5 heteroatoms. The van der Waals surface area contributed by atoms with Gasteiger partial charge in [-0.05, 0) is 25.3 Å². The van der Waals surface area contributed by atoms with Crippen LogP contribution in [0.25, 0.3) is 0 Å². The number of hydrogen-bond acceptors (Lipinski definition) is 4. The maximum Gasteiger partial charge on any atom is 0.333 e. The van der Waals surface area contributed by atoms with Gasteiger partial charge in [0.2, 0.25) is 0 Å². The van der Waals surface area contributed by atoms with E-state index in [1.54, 1.807) is 0 Å². The van der Waals surface area contributed by atoms with E-state index in [1.165, 1.54) is 5.56 Å². The van der Waals surface area contributed by atoms with Crippen molar-refractivity contribution in [1.82, 2.24) is 5.06 Å². The second-order valence-corrected chi connectivity index (χ2v) is 4.88. The Morgan fingerprint density at radius 1 is 1.15 bits per heavy atom. The highest BCUT2D eigenvalue weighted by atomic mass is 16.7. The first kappa shape index (κ1) is 14.2. The number of rotatable bonds is 5. The molecule has 1 aromatic carbocycles. The summed E-state index contributed by atoms with van der Waals surface area (Å²) in [5, 5.41) is 0.591. The second kappa shape index (κ2) is 6.32. The van der Waals surface area contributed by atoms with Gasteiger partial charge in [0.25, 0.3) is 11.8 Å². The largest absolute Gasteiger partial charge is 0.333 e. The van der Waals surface area contributed by atoms with Crippen molar-refractivity contribution in [3.8, 4) is 0 Å². The zero-order valence-corrected chi connectivity index (χ0v) is 11.4. The highest BCUT2D eigenvalue weighted by Crippen LogP contribution is 2.13. The van der Waals surface area contributed by atoms with Crippen molar-refractivity contribution in [2.45, 2.75) is 39.0 Å². The summed E-state index contributed by atoms with van der Waals surface area (Å²) in [7, 11) is 0. The van der Waals surface area contributed by atoms with Gasteiger partial charge in [-0.25, -0.2) is 4.79 Å². The van der Waals surface area contributed by atoms with E-state index in [2.05, 4.69) is 0 Å². The fraction of sp³-hybridized carbons (Fsp3) is 0.400. The van der Waals surface area contributed by atoms with Crippen LogP contribution in [0.2, 0.25) is 0 Å². The van der Waals surface area contributed by atoms with Crippen molar-refractivity contribution >= 4 is 17.8 Å². The zero-order chi connectivity index (χ0) is 14.5. The summed E-state index contributed by atoms with van der Waals surface area (Å²) >= 11 is 0. The first-order chi connectivity index (χ1) is 9.56. The normalized spacial score (nSPS) is 14.8. The summed E-state index contributed by atoms with van der Waals surface area (Å²) in [6.07, 6.45) is 1.81. The van der Waals surface area contributed by atoms with Crippen molar-refractivity contribution in [3.05, 3.63) is 35.4 Å². The van der Waals surface area contributed by atoms with Crippen LogP contribution in [0.15, 0.2) is 24.3 Å². The molecule has 0 bridgehead atoms. The topological polar surface area (TPSA) is 63.7 Å². The van der Waals surface area contributed by atoms with Gasteiger partial charge < -0.3 is 4.84 Å². The Kier molecular flexibility index (Phi) is 4.50. The third-order valence-corrected chi connectivity index (χ3v) is 3.17. The number of imide groups is 1. The lowest BCUT2D eigenvalue weighted by molar-refractivity contribution is -0.197. The number of hydrogen-bond donors (Lipinski definition) is 0. The highest BCUT2D eigenvalue weighted by Gasteiger charge is 2.32. The summed E-state index contributed by atoms with van der Waals surface area (Å²) in [6, 6.07) is 8.09. The first-order valence-corrected chi connectivity index (χ1v) is 6.68. The Balaban J connectivity index is 1.74. The number of carbonyl (C=O) groups is 3. The molecular weight excluding hydrogens is 258 g/mol. The standard InChI is InChI=1S/C15H17NO4/c1-11-5-7-12(8-6-11)3-2-4-15(19)20-16-13(17)9-10-14(16)18/h5-8H,2-4,9-10H2,1H3. The van der Waals surface area contributed by atoms with Gasteiger partial charge in [-0.15, -0.1) is 5.06 Å². The van der Waals surface area contributed by atoms with Gasteiger partial charge in [-0.1, -0.05) is 29.8 Å². The van der Waals surface area contributed by atoms with Crippen LogP contribution in [0.5, 0.6) is 0 Å². The molecule has 0 radical (unpaired) electrons. The van der Waals surface area contributed by atoms with Crippen LogP contribution in [0.4, 0.5) is 0 Å². The highest BCUT2D eigenvalue weighted by molar-refractivity contribution is 6.01. The quantitative estimate of drug-likeness (QED) is 0.770. The van der Waals surface area contributed by atoms with Crippen LogP contribution < -0.4 is 0 Å². The molecule has 0 aromatic heterocycles. The summed E-state index contributed by atoms with van der Waals surface area (Å²) in [5.74, 6) is -1.43. The minimum Gasteiger partial charge on any atom is -0.330 e. The van der Waals surface area contributed by atoms with Gasteiger partial charge in [0, 0.05) is 19.3 Å². The first-order valence-electron chi connectivity index (χ1n) is 6.68. The van der Waals surface area contributed by atoms with Gasteiger partial charge in [0.05, 0.1) is 0 Å². The smallest absolute Gasteiger partial charge is 0.330 e. The Morgan fingerprint density at radius 2 is 1.75 bits per heavy atom. The molecule has 20 heavy (non-hydrogen) atoms. The number of nitrogens with zero attached hydrogens (tertiary/aromatic N) is 1. The Morgan fingerprint density at radius 3 is 2.35 bits per heavy atom. The Labute approximate surface area is 117 Å². The van der Waals surface area contributed by atoms with Crippen molar-refractivity contribution in [1.29, 1.82) is 0 Å². The average Bonchev–Trinajstić information content (AvgIpc) is 2.73. The molecule has 106 valence electrons. The molecule has 1 saturated heterocycles. The average molecular weight is 275 g/mol. The SMILES string of the molecule is Cc1ccc(CCCC(=O)ON2C(=O)CCC2=O)cc1. The minimum absolute atomic E-state index is 0.121. The molecule has 0 atom stereocenters. The molecule has 1 aliphatic rings. The van der Waals surface area contributed by atoms with Crippen LogP contribution in [0, 0.1) is 6.92 Å². The zero-order valence-electron chi connectivity index (χ0n) is 11.4. The van der Waals surface area contributed by atoms with Gasteiger partial charge in [-0.3, -0.25) is 9.59 Å². The third kappa shape index (κ3) is 3.66. The maximum atomic E-state index is 11.6. The number of carbonyl (C=O) groups excluding carboxylic acids is 3. The number of aryl methyl sites for hydroxylation is 2. The molecule has 0 aliphatic carbocycles. The fourth-order valence-electron chi connectivity index (χ4n) is 2.00. The molecule has 1 heterocycles. The van der Waals surface area contributed by atoms with Crippen LogP contribution >= 0.6 is 0 Å². The molecule has 1 aliphatic heterocycles. The molecule has 0 N–H and O–H groups in total. The van der Waals surface area contributed by atoms with Gasteiger partial charge in [-0.2, -0.15) is 0 Å². The van der Waals surface area contributed by atoms with Crippen LogP contribution in [0.1, 0.15) is 36.8 Å². The van der Waals surface area contributed by atoms with Gasteiger partial charge in [0.1, 0.15) is 0 Å². The minimum atomic E-state index is -0.541. The lowest BCUT2D eigenvalue weighted by atomic mass is 10.1. The predicted octanol–water partition coefficient (Wildman–Crippen LogP) is 1.92. The van der Waals surface area contributed by atoms with E-state index in [1.807, 2.05) is 31.2 Å². The maximum absolute atomic E-state index is 11.6. The lowest BCUT2D eigenvalue weighted by Crippen LogP contribution is -2.31. The molecule has 1 aromatic rings. The summed E-state index contributed by atoms with van der Waals surface area (Å²) in [5.41, 5.74) is 2.34. The molecule has 2 amide bonds. The molecule has 2 rings (SSSR count). The number of amides is 2. The van der Waals surface area contributed by atoms with E-state index in [0.29, 0.717) is 11.5 Å². The van der Waals surface area contributed by atoms with E-state index >= 15 is 0 Å². The van der Waals surface area contributed by atoms with E-state index in [4.69, 9.17) is 4.84 Å². The fourth-order valence-corrected chi connectivity index (χ4v) is 2.00. The van der Waals surface area contributed by atoms with Gasteiger partial charge in [0.15, 0.2) is 0 Å². The van der Waals surface area contributed by atoms with Crippen molar-refractivity contribution < 1.29 is 19.2 Å². The third-order valence-electron chi connectivity index (χ3n) is 3.17. The van der Waals surface area contributed by atoms with E-state index in [0.717, 1.165) is 12.0 Å². The van der Waals surface area contributed by atoms with Crippen molar-refractivity contribution in [2.24, 2.45) is 0 Å². The molecule has 0 spiro atoms. The Hall–Kier alpha value is -2.17.